The normalized spacial score (nSPS) is 21.1. The minimum atomic E-state index is -1.04. The summed E-state index contributed by atoms with van der Waals surface area (Å²) in [5.41, 5.74) is 0.299. The summed E-state index contributed by atoms with van der Waals surface area (Å²) in [5, 5.41) is 0. The van der Waals surface area contributed by atoms with E-state index in [4.69, 9.17) is 9.47 Å². The van der Waals surface area contributed by atoms with Crippen LogP contribution in [0.2, 0.25) is 0 Å². The van der Waals surface area contributed by atoms with Gasteiger partial charge in [0.05, 0.1) is 31.0 Å². The van der Waals surface area contributed by atoms with Crippen molar-refractivity contribution in [3.05, 3.63) is 54.1 Å². The fourth-order valence-electron chi connectivity index (χ4n) is 3.37. The molecule has 4 rings (SSSR count). The van der Waals surface area contributed by atoms with E-state index >= 15 is 0 Å². The molecule has 0 N–H and O–H groups in total. The zero-order valence-corrected chi connectivity index (χ0v) is 15.3. The van der Waals surface area contributed by atoms with E-state index in [1.54, 1.807) is 18.5 Å². The van der Waals surface area contributed by atoms with Gasteiger partial charge in [0.25, 0.3) is 0 Å². The average Bonchev–Trinajstić information content (AvgIpc) is 2.71. The van der Waals surface area contributed by atoms with E-state index < -0.39 is 17.4 Å². The summed E-state index contributed by atoms with van der Waals surface area (Å²) in [6, 6.07) is 4.57. The van der Waals surface area contributed by atoms with Crippen LogP contribution in [0.4, 0.5) is 8.78 Å². The molecule has 28 heavy (non-hydrogen) atoms. The highest BCUT2D eigenvalue weighted by atomic mass is 19.1. The minimum absolute atomic E-state index is 0.0927. The monoisotopic (exact) mass is 385 g/mol. The molecule has 144 valence electrons. The molecule has 1 fully saturated rings. The lowest BCUT2D eigenvalue weighted by atomic mass is 9.64. The van der Waals surface area contributed by atoms with Crippen LogP contribution >= 0.6 is 0 Å². The summed E-state index contributed by atoms with van der Waals surface area (Å²) in [4.78, 5) is 21.2. The number of methoxy groups -OCH3 is 2. The van der Waals surface area contributed by atoms with Crippen LogP contribution in [-0.2, 0) is 5.41 Å². The van der Waals surface area contributed by atoms with E-state index in [-0.39, 0.29) is 24.5 Å². The summed E-state index contributed by atoms with van der Waals surface area (Å²) in [7, 11) is 2.94. The van der Waals surface area contributed by atoms with Crippen LogP contribution < -0.4 is 9.47 Å². The first kappa shape index (κ1) is 18.1. The lowest BCUT2D eigenvalue weighted by Crippen LogP contribution is -2.46. The van der Waals surface area contributed by atoms with E-state index in [1.165, 1.54) is 32.5 Å². The van der Waals surface area contributed by atoms with Gasteiger partial charge < -0.3 is 9.47 Å². The molecule has 0 aliphatic heterocycles. The highest BCUT2D eigenvalue weighted by Gasteiger charge is 2.52. The first-order chi connectivity index (χ1) is 13.6. The maximum absolute atomic E-state index is 14.3. The fraction of sp³-hybridized carbons (Fsp3) is 0.316. The Balaban J connectivity index is 1.72. The van der Waals surface area contributed by atoms with E-state index in [0.29, 0.717) is 23.0 Å². The van der Waals surface area contributed by atoms with Gasteiger partial charge in [-0.25, -0.2) is 18.7 Å². The second-order valence-electron chi connectivity index (χ2n) is 6.50. The summed E-state index contributed by atoms with van der Waals surface area (Å²) in [6.45, 7) is 0. The highest BCUT2D eigenvalue weighted by Crippen LogP contribution is 2.49. The average molecular weight is 385 g/mol. The van der Waals surface area contributed by atoms with Crippen molar-refractivity contribution in [2.75, 3.05) is 14.2 Å². The Morgan fingerprint density at radius 3 is 2.43 bits per heavy atom. The molecule has 0 atom stereocenters. The maximum Gasteiger partial charge on any atom is 0.320 e. The number of hydrogen-bond donors (Lipinski definition) is 0. The van der Waals surface area contributed by atoms with Crippen molar-refractivity contribution in [3.8, 4) is 23.1 Å². The predicted molar refractivity (Wildman–Crippen MR) is 95.3 cm³/mol. The summed E-state index contributed by atoms with van der Waals surface area (Å²) < 4.78 is 38.3. The molecule has 0 saturated heterocycles. The van der Waals surface area contributed by atoms with Crippen LogP contribution in [-0.4, -0.2) is 45.3 Å². The lowest BCUT2D eigenvalue weighted by molar-refractivity contribution is 0.110. The molecule has 0 bridgehead atoms. The SMILES string of the molecule is COc1cc(-c2cnc(C3(c4ncccc4F)CC(F)C3)nc2)nc(OC)n1. The number of alkyl halides is 1. The molecule has 0 unspecified atom stereocenters. The Morgan fingerprint density at radius 1 is 1.07 bits per heavy atom. The van der Waals surface area contributed by atoms with Crippen LogP contribution in [0.5, 0.6) is 11.9 Å². The number of rotatable bonds is 5. The van der Waals surface area contributed by atoms with Gasteiger partial charge in [-0.3, -0.25) is 4.98 Å². The Kier molecular flexibility index (Phi) is 4.58. The molecular formula is C19H17F2N5O2. The van der Waals surface area contributed by atoms with Crippen LogP contribution in [0, 0.1) is 5.82 Å². The van der Waals surface area contributed by atoms with E-state index in [0.717, 1.165) is 0 Å². The molecule has 7 nitrogen and oxygen atoms in total. The Hall–Kier alpha value is -3.23. The molecule has 3 heterocycles. The number of aromatic nitrogens is 5. The van der Waals surface area contributed by atoms with Gasteiger partial charge in [0, 0.05) is 30.2 Å². The van der Waals surface area contributed by atoms with Crippen molar-refractivity contribution in [1.82, 2.24) is 24.9 Å². The molecule has 0 radical (unpaired) electrons. The van der Waals surface area contributed by atoms with E-state index in [1.807, 2.05) is 0 Å². The van der Waals surface area contributed by atoms with Gasteiger partial charge in [0.15, 0.2) is 0 Å². The second-order valence-corrected chi connectivity index (χ2v) is 6.50. The largest absolute Gasteiger partial charge is 0.481 e. The maximum atomic E-state index is 14.3. The zero-order valence-electron chi connectivity index (χ0n) is 15.3. The van der Waals surface area contributed by atoms with Crippen molar-refractivity contribution in [3.63, 3.8) is 0 Å². The summed E-state index contributed by atoms with van der Waals surface area (Å²) >= 11 is 0. The predicted octanol–water partition coefficient (Wildman–Crippen LogP) is 2.90. The van der Waals surface area contributed by atoms with Crippen molar-refractivity contribution in [2.45, 2.75) is 24.4 Å². The van der Waals surface area contributed by atoms with Crippen LogP contribution in [0.15, 0.2) is 36.8 Å². The summed E-state index contributed by atoms with van der Waals surface area (Å²) in [5.74, 6) is 0.167. The molecule has 9 heteroatoms. The van der Waals surface area contributed by atoms with Crippen molar-refractivity contribution < 1.29 is 18.3 Å². The quantitative estimate of drug-likeness (QED) is 0.668. The molecule has 0 aromatic carbocycles. The van der Waals surface area contributed by atoms with Gasteiger partial charge in [-0.2, -0.15) is 9.97 Å². The fourth-order valence-corrected chi connectivity index (χ4v) is 3.37. The van der Waals surface area contributed by atoms with Crippen LogP contribution in [0.3, 0.4) is 0 Å². The van der Waals surface area contributed by atoms with E-state index in [2.05, 4.69) is 24.9 Å². The smallest absolute Gasteiger partial charge is 0.320 e. The Bertz CT molecular complexity index is 972. The van der Waals surface area contributed by atoms with Gasteiger partial charge in [-0.15, -0.1) is 0 Å². The Morgan fingerprint density at radius 2 is 1.82 bits per heavy atom. The standard InChI is InChI=1S/C19H17F2N5O2/c1-27-15-6-14(25-18(26-15)28-2)11-9-23-17(24-10-11)19(7-12(20)8-19)16-13(21)4-3-5-22-16/h3-6,9-10,12H,7-8H2,1-2H3. The molecular weight excluding hydrogens is 368 g/mol. The second kappa shape index (κ2) is 7.06. The first-order valence-electron chi connectivity index (χ1n) is 8.61. The van der Waals surface area contributed by atoms with Gasteiger partial charge >= 0.3 is 6.01 Å². The van der Waals surface area contributed by atoms with Crippen molar-refractivity contribution >= 4 is 0 Å². The number of ether oxygens (including phenoxy) is 2. The molecule has 1 aliphatic carbocycles. The molecule has 3 aromatic rings. The van der Waals surface area contributed by atoms with E-state index in [9.17, 15) is 8.78 Å². The Labute approximate surface area is 159 Å². The van der Waals surface area contributed by atoms with Crippen molar-refractivity contribution in [1.29, 1.82) is 0 Å². The minimum Gasteiger partial charge on any atom is -0.481 e. The molecule has 1 aliphatic rings. The third kappa shape index (κ3) is 3.02. The van der Waals surface area contributed by atoms with Gasteiger partial charge in [-0.1, -0.05) is 0 Å². The van der Waals surface area contributed by atoms with Crippen LogP contribution in [0.25, 0.3) is 11.3 Å². The molecule has 0 spiro atoms. The van der Waals surface area contributed by atoms with Gasteiger partial charge in [0.2, 0.25) is 5.88 Å². The third-order valence-electron chi connectivity index (χ3n) is 4.80. The lowest BCUT2D eigenvalue weighted by Gasteiger charge is -2.42. The van der Waals surface area contributed by atoms with Gasteiger partial charge in [0.1, 0.15) is 17.8 Å². The number of hydrogen-bond acceptors (Lipinski definition) is 7. The first-order valence-corrected chi connectivity index (χ1v) is 8.61. The van der Waals surface area contributed by atoms with Gasteiger partial charge in [-0.05, 0) is 25.0 Å². The third-order valence-corrected chi connectivity index (χ3v) is 4.80. The molecule has 1 saturated carbocycles. The number of nitrogens with zero attached hydrogens (tertiary/aromatic N) is 5. The summed E-state index contributed by atoms with van der Waals surface area (Å²) in [6.07, 6.45) is 3.74. The highest BCUT2D eigenvalue weighted by molar-refractivity contribution is 5.58. The van der Waals surface area contributed by atoms with Crippen LogP contribution in [0.1, 0.15) is 24.4 Å². The zero-order chi connectivity index (χ0) is 19.7. The topological polar surface area (TPSA) is 82.9 Å². The molecule has 3 aromatic heterocycles. The number of pyridine rings is 1. The van der Waals surface area contributed by atoms with Crippen molar-refractivity contribution in [2.24, 2.45) is 0 Å². The number of halogens is 2. The molecule has 0 amide bonds.